The number of ether oxygens (including phenoxy) is 2. The van der Waals surface area contributed by atoms with E-state index in [-0.39, 0.29) is 5.91 Å². The van der Waals surface area contributed by atoms with Gasteiger partial charge in [-0.15, -0.1) is 0 Å². The summed E-state index contributed by atoms with van der Waals surface area (Å²) in [5.74, 6) is 0.878. The molecule has 0 bridgehead atoms. The summed E-state index contributed by atoms with van der Waals surface area (Å²) in [6.07, 6.45) is 1.47. The van der Waals surface area contributed by atoms with Gasteiger partial charge in [0.15, 0.2) is 5.82 Å². The Labute approximate surface area is 116 Å². The normalized spacial score (nSPS) is 10.2. The molecule has 0 aliphatic carbocycles. The highest BCUT2D eigenvalue weighted by Gasteiger charge is 2.20. The van der Waals surface area contributed by atoms with E-state index < -0.39 is 0 Å². The van der Waals surface area contributed by atoms with Crippen LogP contribution in [0.2, 0.25) is 0 Å². The van der Waals surface area contributed by atoms with E-state index in [1.165, 1.54) is 25.1 Å². The molecule has 1 heterocycles. The fourth-order valence-corrected chi connectivity index (χ4v) is 1.85. The monoisotopic (exact) mass is 276 g/mol. The molecule has 2 aromatic rings. The zero-order valence-corrected chi connectivity index (χ0v) is 11.5. The van der Waals surface area contributed by atoms with E-state index in [0.717, 1.165) is 0 Å². The summed E-state index contributed by atoms with van der Waals surface area (Å²) in [6.45, 7) is 0. The number of nitrogens with two attached hydrogens (primary N) is 1. The van der Waals surface area contributed by atoms with Gasteiger partial charge in [-0.3, -0.25) is 9.48 Å². The number of aromatic nitrogens is 2. The first kappa shape index (κ1) is 13.7. The van der Waals surface area contributed by atoms with Gasteiger partial charge in [0.25, 0.3) is 5.91 Å². The first-order chi connectivity index (χ1) is 9.58. The molecule has 7 heteroatoms. The smallest absolute Gasteiger partial charge is 0.264 e. The highest BCUT2D eigenvalue weighted by Crippen LogP contribution is 2.29. The number of hydrogen-bond acceptors (Lipinski definition) is 5. The van der Waals surface area contributed by atoms with Gasteiger partial charge in [-0.05, 0) is 12.1 Å². The number of nitrogens with one attached hydrogen (secondary N) is 1. The van der Waals surface area contributed by atoms with E-state index in [1.807, 2.05) is 0 Å². The standard InChI is InChI=1S/C13H16N4O3/c1-17-12(8(14)7-15-17)16-13(18)11-9(19-2)5-4-6-10(11)20-3/h4-7H,14H2,1-3H3,(H,16,18). The van der Waals surface area contributed by atoms with Crippen LogP contribution in [0.15, 0.2) is 24.4 Å². The maximum absolute atomic E-state index is 12.4. The van der Waals surface area contributed by atoms with Crippen molar-refractivity contribution in [2.75, 3.05) is 25.3 Å². The zero-order chi connectivity index (χ0) is 14.7. The third-order valence-electron chi connectivity index (χ3n) is 2.85. The molecular formula is C13H16N4O3. The van der Waals surface area contributed by atoms with Crippen LogP contribution in [0, 0.1) is 0 Å². The molecule has 1 aromatic heterocycles. The molecule has 3 N–H and O–H groups in total. The average molecular weight is 276 g/mol. The SMILES string of the molecule is COc1cccc(OC)c1C(=O)Nc1c(N)cnn1C. The summed E-state index contributed by atoms with van der Waals surface area (Å²) < 4.78 is 11.9. The lowest BCUT2D eigenvalue weighted by Gasteiger charge is -2.13. The topological polar surface area (TPSA) is 91.4 Å². The molecular weight excluding hydrogens is 260 g/mol. The molecule has 0 saturated carbocycles. The average Bonchev–Trinajstić information content (AvgIpc) is 2.77. The highest BCUT2D eigenvalue weighted by atomic mass is 16.5. The molecule has 7 nitrogen and oxygen atoms in total. The zero-order valence-electron chi connectivity index (χ0n) is 11.5. The van der Waals surface area contributed by atoms with Crippen LogP contribution < -0.4 is 20.5 Å². The number of rotatable bonds is 4. The first-order valence-electron chi connectivity index (χ1n) is 5.88. The van der Waals surface area contributed by atoms with Gasteiger partial charge in [0.2, 0.25) is 0 Å². The number of nitrogen functional groups attached to an aromatic ring is 1. The Bertz CT molecular complexity index is 595. The summed E-state index contributed by atoms with van der Waals surface area (Å²) >= 11 is 0. The van der Waals surface area contributed by atoms with Crippen LogP contribution in [0.4, 0.5) is 11.5 Å². The van der Waals surface area contributed by atoms with Crippen molar-refractivity contribution >= 4 is 17.4 Å². The Balaban J connectivity index is 2.39. The Morgan fingerprint density at radius 2 is 1.90 bits per heavy atom. The molecule has 0 saturated heterocycles. The third-order valence-corrected chi connectivity index (χ3v) is 2.85. The van der Waals surface area contributed by atoms with Gasteiger partial charge in [-0.2, -0.15) is 5.10 Å². The summed E-state index contributed by atoms with van der Waals surface area (Å²) in [6, 6.07) is 5.11. The Morgan fingerprint density at radius 1 is 1.30 bits per heavy atom. The number of nitrogens with zero attached hydrogens (tertiary/aromatic N) is 2. The summed E-state index contributed by atoms with van der Waals surface area (Å²) in [4.78, 5) is 12.4. The summed E-state index contributed by atoms with van der Waals surface area (Å²) in [5.41, 5.74) is 6.44. The quantitative estimate of drug-likeness (QED) is 0.877. The number of carbonyl (C=O) groups is 1. The molecule has 0 spiro atoms. The molecule has 1 amide bonds. The molecule has 0 aliphatic rings. The van der Waals surface area contributed by atoms with Crippen molar-refractivity contribution in [1.82, 2.24) is 9.78 Å². The maximum Gasteiger partial charge on any atom is 0.264 e. The van der Waals surface area contributed by atoms with Crippen LogP contribution >= 0.6 is 0 Å². The first-order valence-corrected chi connectivity index (χ1v) is 5.88. The van der Waals surface area contributed by atoms with Crippen molar-refractivity contribution in [2.24, 2.45) is 7.05 Å². The van der Waals surface area contributed by atoms with Crippen LogP contribution in [0.1, 0.15) is 10.4 Å². The van der Waals surface area contributed by atoms with E-state index in [0.29, 0.717) is 28.6 Å². The van der Waals surface area contributed by atoms with E-state index in [2.05, 4.69) is 10.4 Å². The number of methoxy groups -OCH3 is 2. The number of benzene rings is 1. The molecule has 0 fully saturated rings. The lowest BCUT2D eigenvalue weighted by molar-refractivity contribution is 0.102. The molecule has 0 aliphatic heterocycles. The second-order valence-corrected chi connectivity index (χ2v) is 4.06. The lowest BCUT2D eigenvalue weighted by atomic mass is 10.1. The van der Waals surface area contributed by atoms with E-state index >= 15 is 0 Å². The van der Waals surface area contributed by atoms with Crippen molar-refractivity contribution in [3.63, 3.8) is 0 Å². The third kappa shape index (κ3) is 2.37. The van der Waals surface area contributed by atoms with Crippen molar-refractivity contribution in [2.45, 2.75) is 0 Å². The molecule has 2 rings (SSSR count). The van der Waals surface area contributed by atoms with Gasteiger partial charge < -0.3 is 20.5 Å². The Kier molecular flexibility index (Phi) is 3.79. The van der Waals surface area contributed by atoms with E-state index in [4.69, 9.17) is 15.2 Å². The van der Waals surface area contributed by atoms with Crippen LogP contribution in [-0.4, -0.2) is 29.9 Å². The van der Waals surface area contributed by atoms with Gasteiger partial charge in [0, 0.05) is 7.05 Å². The number of carbonyl (C=O) groups excluding carboxylic acids is 1. The summed E-state index contributed by atoms with van der Waals surface area (Å²) in [7, 11) is 4.67. The minimum absolute atomic E-state index is 0.304. The van der Waals surface area contributed by atoms with E-state index in [9.17, 15) is 4.79 Å². The Hall–Kier alpha value is -2.70. The van der Waals surface area contributed by atoms with Crippen molar-refractivity contribution in [3.8, 4) is 11.5 Å². The number of hydrogen-bond donors (Lipinski definition) is 2. The van der Waals surface area contributed by atoms with Gasteiger partial charge in [0.05, 0.1) is 26.1 Å². The molecule has 0 unspecified atom stereocenters. The van der Waals surface area contributed by atoms with Crippen LogP contribution in [0.3, 0.4) is 0 Å². The second-order valence-electron chi connectivity index (χ2n) is 4.06. The molecule has 0 atom stereocenters. The molecule has 20 heavy (non-hydrogen) atoms. The van der Waals surface area contributed by atoms with Crippen LogP contribution in [0.5, 0.6) is 11.5 Å². The Morgan fingerprint density at radius 3 is 2.35 bits per heavy atom. The minimum Gasteiger partial charge on any atom is -0.496 e. The predicted octanol–water partition coefficient (Wildman–Crippen LogP) is 1.27. The minimum atomic E-state index is -0.380. The van der Waals surface area contributed by atoms with Crippen molar-refractivity contribution < 1.29 is 14.3 Å². The fraction of sp³-hybridized carbons (Fsp3) is 0.231. The highest BCUT2D eigenvalue weighted by molar-refractivity contribution is 6.08. The molecule has 106 valence electrons. The van der Waals surface area contributed by atoms with Crippen molar-refractivity contribution in [3.05, 3.63) is 30.0 Å². The van der Waals surface area contributed by atoms with Gasteiger partial charge in [-0.1, -0.05) is 6.07 Å². The number of amides is 1. The largest absolute Gasteiger partial charge is 0.496 e. The maximum atomic E-state index is 12.4. The lowest BCUT2D eigenvalue weighted by Crippen LogP contribution is -2.17. The van der Waals surface area contributed by atoms with Crippen molar-refractivity contribution in [1.29, 1.82) is 0 Å². The van der Waals surface area contributed by atoms with E-state index in [1.54, 1.807) is 25.2 Å². The molecule has 0 radical (unpaired) electrons. The summed E-state index contributed by atoms with van der Waals surface area (Å²) in [5, 5.41) is 6.66. The number of aryl methyl sites for hydroxylation is 1. The molecule has 1 aromatic carbocycles. The fourth-order valence-electron chi connectivity index (χ4n) is 1.85. The van der Waals surface area contributed by atoms with Crippen LogP contribution in [0.25, 0.3) is 0 Å². The number of anilines is 2. The second kappa shape index (κ2) is 5.52. The van der Waals surface area contributed by atoms with Gasteiger partial charge in [-0.25, -0.2) is 0 Å². The van der Waals surface area contributed by atoms with Gasteiger partial charge in [0.1, 0.15) is 17.1 Å². The van der Waals surface area contributed by atoms with Crippen LogP contribution in [-0.2, 0) is 7.05 Å². The predicted molar refractivity (Wildman–Crippen MR) is 75.1 cm³/mol. The van der Waals surface area contributed by atoms with Gasteiger partial charge >= 0.3 is 0 Å².